The van der Waals surface area contributed by atoms with Gasteiger partial charge in [-0.3, -0.25) is 9.67 Å². The Hall–Kier alpha value is -0.870. The predicted octanol–water partition coefficient (Wildman–Crippen LogP) is 2.09. The Balaban J connectivity index is 0.00000392. The van der Waals surface area contributed by atoms with Gasteiger partial charge in [-0.15, -0.1) is 24.0 Å². The molecule has 1 aromatic heterocycles. The molecule has 0 spiro atoms. The van der Waals surface area contributed by atoms with Crippen molar-refractivity contribution < 1.29 is 0 Å². The third-order valence-corrected chi connectivity index (χ3v) is 5.03. The topological polar surface area (TPSA) is 60.7 Å². The van der Waals surface area contributed by atoms with Crippen LogP contribution in [-0.4, -0.2) is 84.9 Å². The molecule has 28 heavy (non-hydrogen) atoms. The Morgan fingerprint density at radius 3 is 2.46 bits per heavy atom. The van der Waals surface area contributed by atoms with Crippen LogP contribution in [0.15, 0.2) is 11.1 Å². The van der Waals surface area contributed by atoms with Crippen molar-refractivity contribution in [1.29, 1.82) is 0 Å². The van der Waals surface area contributed by atoms with E-state index in [1.807, 2.05) is 6.92 Å². The lowest BCUT2D eigenvalue weighted by molar-refractivity contribution is 0.152. The van der Waals surface area contributed by atoms with Crippen LogP contribution in [0.4, 0.5) is 0 Å². The molecule has 0 amide bonds. The highest BCUT2D eigenvalue weighted by molar-refractivity contribution is 14.0. The lowest BCUT2D eigenvalue weighted by Gasteiger charge is -2.32. The van der Waals surface area contributed by atoms with Gasteiger partial charge in [-0.1, -0.05) is 0 Å². The fraction of sp³-hybridized carbons (Fsp3) is 0.800. The molecule has 162 valence electrons. The molecule has 1 fully saturated rings. The highest BCUT2D eigenvalue weighted by atomic mass is 127. The van der Waals surface area contributed by atoms with Crippen LogP contribution in [0.3, 0.4) is 0 Å². The zero-order valence-corrected chi connectivity index (χ0v) is 20.5. The minimum Gasteiger partial charge on any atom is -0.357 e. The molecule has 0 unspecified atom stereocenters. The summed E-state index contributed by atoms with van der Waals surface area (Å²) in [6, 6.07) is 2.12. The Labute approximate surface area is 188 Å². The van der Waals surface area contributed by atoms with Crippen molar-refractivity contribution in [3.63, 3.8) is 0 Å². The van der Waals surface area contributed by atoms with Crippen molar-refractivity contribution in [3.8, 4) is 0 Å². The van der Waals surface area contributed by atoms with Crippen molar-refractivity contribution in [2.75, 3.05) is 59.4 Å². The smallest absolute Gasteiger partial charge is 0.191 e. The maximum absolute atomic E-state index is 4.70. The van der Waals surface area contributed by atoms with Crippen molar-refractivity contribution in [2.45, 2.75) is 46.6 Å². The summed E-state index contributed by atoms with van der Waals surface area (Å²) in [6.07, 6.45) is 3.43. The molecule has 0 saturated carbocycles. The lowest BCUT2D eigenvalue weighted by atomic mass is 10.2. The number of nitrogens with one attached hydrogen (secondary N) is 2. The maximum atomic E-state index is 4.70. The molecule has 1 aromatic rings. The van der Waals surface area contributed by atoms with Crippen LogP contribution in [0, 0.1) is 13.8 Å². The van der Waals surface area contributed by atoms with Gasteiger partial charge in [0.15, 0.2) is 5.96 Å². The van der Waals surface area contributed by atoms with Gasteiger partial charge < -0.3 is 20.4 Å². The van der Waals surface area contributed by atoms with Gasteiger partial charge in [-0.05, 0) is 59.7 Å². The average Bonchev–Trinajstić information content (AvgIpc) is 2.97. The summed E-state index contributed by atoms with van der Waals surface area (Å²) in [4.78, 5) is 9.69. The van der Waals surface area contributed by atoms with E-state index in [4.69, 9.17) is 4.99 Å². The molecular weight excluding hydrogens is 465 g/mol. The minimum absolute atomic E-state index is 0. The van der Waals surface area contributed by atoms with Crippen LogP contribution in [0.25, 0.3) is 0 Å². The van der Waals surface area contributed by atoms with Gasteiger partial charge in [0.1, 0.15) is 0 Å². The van der Waals surface area contributed by atoms with Crippen LogP contribution in [0.5, 0.6) is 0 Å². The lowest BCUT2D eigenvalue weighted by Crippen LogP contribution is -2.44. The molecule has 0 radical (unpaired) electrons. The summed E-state index contributed by atoms with van der Waals surface area (Å²) in [6.45, 7) is 15.9. The largest absolute Gasteiger partial charge is 0.357 e. The van der Waals surface area contributed by atoms with Crippen molar-refractivity contribution in [2.24, 2.45) is 4.99 Å². The monoisotopic (exact) mass is 505 g/mol. The third-order valence-electron chi connectivity index (χ3n) is 5.03. The molecule has 1 aliphatic rings. The van der Waals surface area contributed by atoms with E-state index < -0.39 is 0 Å². The van der Waals surface area contributed by atoms with E-state index in [2.05, 4.69) is 57.2 Å². The number of halogens is 1. The standard InChI is InChI=1S/C20H39N7.HI/c1-5-21-20(23-10-8-12-27-19(3)17-18(2)24-27)22-9-6-7-11-26-15-13-25(4)14-16-26;/h17H,5-16H2,1-4H3,(H2,21,22,23);1H. The highest BCUT2D eigenvalue weighted by Crippen LogP contribution is 2.03. The summed E-state index contributed by atoms with van der Waals surface area (Å²) < 4.78 is 2.07. The summed E-state index contributed by atoms with van der Waals surface area (Å²) in [5.74, 6) is 0.936. The first-order valence-corrected chi connectivity index (χ1v) is 10.5. The molecule has 8 heteroatoms. The summed E-state index contributed by atoms with van der Waals surface area (Å²) in [5.41, 5.74) is 2.31. The second-order valence-corrected chi connectivity index (χ2v) is 7.54. The molecule has 2 rings (SSSR count). The van der Waals surface area contributed by atoms with E-state index in [-0.39, 0.29) is 24.0 Å². The first-order chi connectivity index (χ1) is 13.1. The SMILES string of the molecule is CCNC(=NCCCn1nc(C)cc1C)NCCCCN1CCN(C)CC1.I. The second kappa shape index (κ2) is 14.2. The maximum Gasteiger partial charge on any atom is 0.191 e. The molecular formula is C20H40IN7. The fourth-order valence-corrected chi connectivity index (χ4v) is 3.39. The van der Waals surface area contributed by atoms with E-state index in [0.29, 0.717) is 0 Å². The van der Waals surface area contributed by atoms with Gasteiger partial charge in [-0.2, -0.15) is 5.10 Å². The number of aryl methyl sites for hydroxylation is 3. The van der Waals surface area contributed by atoms with Gasteiger partial charge in [0.05, 0.1) is 5.69 Å². The Kier molecular flexibility index (Phi) is 12.7. The number of likely N-dealkylation sites (N-methyl/N-ethyl adjacent to an activating group) is 1. The Morgan fingerprint density at radius 2 is 1.82 bits per heavy atom. The third kappa shape index (κ3) is 9.56. The number of hydrogen-bond donors (Lipinski definition) is 2. The van der Waals surface area contributed by atoms with Crippen LogP contribution >= 0.6 is 24.0 Å². The molecule has 0 bridgehead atoms. The normalized spacial score (nSPS) is 16.1. The summed E-state index contributed by atoms with van der Waals surface area (Å²) >= 11 is 0. The van der Waals surface area contributed by atoms with Crippen molar-refractivity contribution in [1.82, 2.24) is 30.2 Å². The van der Waals surface area contributed by atoms with Gasteiger partial charge >= 0.3 is 0 Å². The van der Waals surface area contributed by atoms with E-state index in [1.165, 1.54) is 51.3 Å². The molecule has 0 atom stereocenters. The molecule has 2 N–H and O–H groups in total. The van der Waals surface area contributed by atoms with E-state index in [1.54, 1.807) is 0 Å². The van der Waals surface area contributed by atoms with E-state index in [0.717, 1.165) is 44.3 Å². The zero-order chi connectivity index (χ0) is 19.5. The fourth-order valence-electron chi connectivity index (χ4n) is 3.39. The van der Waals surface area contributed by atoms with Gasteiger partial charge in [0.2, 0.25) is 0 Å². The Morgan fingerprint density at radius 1 is 1.07 bits per heavy atom. The van der Waals surface area contributed by atoms with Gasteiger partial charge in [0, 0.05) is 58.1 Å². The number of aromatic nitrogens is 2. The number of rotatable bonds is 10. The summed E-state index contributed by atoms with van der Waals surface area (Å²) in [5, 5.41) is 11.3. The number of hydrogen-bond acceptors (Lipinski definition) is 4. The second-order valence-electron chi connectivity index (χ2n) is 7.54. The minimum atomic E-state index is 0. The average molecular weight is 505 g/mol. The van der Waals surface area contributed by atoms with Crippen LogP contribution in [-0.2, 0) is 6.54 Å². The highest BCUT2D eigenvalue weighted by Gasteiger charge is 2.12. The van der Waals surface area contributed by atoms with Crippen LogP contribution in [0.2, 0.25) is 0 Å². The van der Waals surface area contributed by atoms with Gasteiger partial charge in [0.25, 0.3) is 0 Å². The molecule has 2 heterocycles. The first-order valence-electron chi connectivity index (χ1n) is 10.5. The molecule has 1 saturated heterocycles. The van der Waals surface area contributed by atoms with Crippen molar-refractivity contribution >= 4 is 29.9 Å². The first kappa shape index (κ1) is 25.2. The predicted molar refractivity (Wildman–Crippen MR) is 129 cm³/mol. The number of piperazine rings is 1. The molecule has 0 aliphatic carbocycles. The van der Waals surface area contributed by atoms with Crippen LogP contribution < -0.4 is 10.6 Å². The van der Waals surface area contributed by atoms with E-state index >= 15 is 0 Å². The molecule has 7 nitrogen and oxygen atoms in total. The number of aliphatic imine (C=N–C) groups is 1. The quantitative estimate of drug-likeness (QED) is 0.221. The van der Waals surface area contributed by atoms with Crippen molar-refractivity contribution in [3.05, 3.63) is 17.5 Å². The molecule has 1 aliphatic heterocycles. The number of unbranched alkanes of at least 4 members (excludes halogenated alkanes) is 1. The van der Waals surface area contributed by atoms with Gasteiger partial charge in [-0.25, -0.2) is 0 Å². The zero-order valence-electron chi connectivity index (χ0n) is 18.2. The van der Waals surface area contributed by atoms with Crippen LogP contribution in [0.1, 0.15) is 37.6 Å². The number of guanidine groups is 1. The Bertz CT molecular complexity index is 565. The molecule has 0 aromatic carbocycles. The number of nitrogens with zero attached hydrogens (tertiary/aromatic N) is 5. The summed E-state index contributed by atoms with van der Waals surface area (Å²) in [7, 11) is 2.21. The van der Waals surface area contributed by atoms with E-state index in [9.17, 15) is 0 Å².